The predicted octanol–water partition coefficient (Wildman–Crippen LogP) is 5.60. The third kappa shape index (κ3) is 4.40. The SMILES string of the molecule is COc1cc([C@H]2C(C(=O)Nc3cccc(F)c3)=C(C)NC3=C2C(=O)C[C@@H](c2cccs2)C3)ccc1O. The molecular weight excluding hydrogens is 479 g/mol. The summed E-state index contributed by atoms with van der Waals surface area (Å²) in [4.78, 5) is 28.4. The van der Waals surface area contributed by atoms with Gasteiger partial charge in [-0.1, -0.05) is 18.2 Å². The smallest absolute Gasteiger partial charge is 0.254 e. The van der Waals surface area contributed by atoms with Gasteiger partial charge in [-0.2, -0.15) is 0 Å². The first-order chi connectivity index (χ1) is 17.4. The topological polar surface area (TPSA) is 87.7 Å². The second-order valence-corrected chi connectivity index (χ2v) is 9.91. The Labute approximate surface area is 212 Å². The molecular formula is C28H25FN2O4S. The number of dihydropyridines is 1. The van der Waals surface area contributed by atoms with E-state index < -0.39 is 17.6 Å². The lowest BCUT2D eigenvalue weighted by Gasteiger charge is -2.36. The van der Waals surface area contributed by atoms with Crippen LogP contribution < -0.4 is 15.4 Å². The van der Waals surface area contributed by atoms with Crippen molar-refractivity contribution in [3.05, 3.63) is 98.8 Å². The van der Waals surface area contributed by atoms with E-state index in [-0.39, 0.29) is 23.2 Å². The molecule has 36 heavy (non-hydrogen) atoms. The van der Waals surface area contributed by atoms with Gasteiger partial charge in [0.2, 0.25) is 0 Å². The van der Waals surface area contributed by atoms with Crippen molar-refractivity contribution in [1.82, 2.24) is 5.32 Å². The van der Waals surface area contributed by atoms with E-state index in [9.17, 15) is 19.1 Å². The Morgan fingerprint density at radius 1 is 1.17 bits per heavy atom. The highest BCUT2D eigenvalue weighted by Gasteiger charge is 2.41. The molecule has 2 atom stereocenters. The van der Waals surface area contributed by atoms with Gasteiger partial charge in [0.05, 0.1) is 7.11 Å². The molecule has 2 heterocycles. The summed E-state index contributed by atoms with van der Waals surface area (Å²) in [6, 6.07) is 14.5. The van der Waals surface area contributed by atoms with Gasteiger partial charge in [-0.15, -0.1) is 11.3 Å². The molecule has 1 aliphatic carbocycles. The summed E-state index contributed by atoms with van der Waals surface area (Å²) >= 11 is 1.63. The van der Waals surface area contributed by atoms with E-state index in [1.807, 2.05) is 17.5 Å². The number of hydrogen-bond donors (Lipinski definition) is 3. The van der Waals surface area contributed by atoms with Crippen LogP contribution in [0.5, 0.6) is 11.5 Å². The number of phenolic OH excluding ortho intramolecular Hbond substituents is 1. The van der Waals surface area contributed by atoms with E-state index in [0.29, 0.717) is 40.9 Å². The van der Waals surface area contributed by atoms with Gasteiger partial charge in [0.1, 0.15) is 5.82 Å². The molecule has 2 aliphatic rings. The number of methoxy groups -OCH3 is 1. The second-order valence-electron chi connectivity index (χ2n) is 8.93. The molecule has 0 saturated heterocycles. The van der Waals surface area contributed by atoms with Crippen LogP contribution in [0.1, 0.15) is 42.0 Å². The van der Waals surface area contributed by atoms with Crippen molar-refractivity contribution >= 4 is 28.7 Å². The molecule has 1 aromatic heterocycles. The number of phenols is 1. The number of carbonyl (C=O) groups is 2. The van der Waals surface area contributed by atoms with Crippen LogP contribution in [0.2, 0.25) is 0 Å². The Balaban J connectivity index is 1.60. The standard InChI is InChI=1S/C28H25FN2O4S/c1-15-25(28(34)31-19-6-3-5-18(29)14-19)26(16-8-9-21(32)23(13-16)35-2)27-20(30-15)11-17(12-22(27)33)24-7-4-10-36-24/h3-10,13-14,17,26,30,32H,11-12H2,1-2H3,(H,31,34)/t17-,26-/m0/s1. The van der Waals surface area contributed by atoms with Gasteiger partial charge in [-0.25, -0.2) is 4.39 Å². The van der Waals surface area contributed by atoms with Gasteiger partial charge in [0.15, 0.2) is 17.3 Å². The Morgan fingerprint density at radius 2 is 2.00 bits per heavy atom. The van der Waals surface area contributed by atoms with Crippen LogP contribution in [0.15, 0.2) is 82.5 Å². The molecule has 184 valence electrons. The maximum absolute atomic E-state index is 13.8. The third-order valence-electron chi connectivity index (χ3n) is 6.64. The van der Waals surface area contributed by atoms with Crippen molar-refractivity contribution in [2.24, 2.45) is 0 Å². The van der Waals surface area contributed by atoms with E-state index in [4.69, 9.17) is 4.74 Å². The molecule has 3 aromatic rings. The molecule has 0 spiro atoms. The van der Waals surface area contributed by atoms with Gasteiger partial charge in [-0.3, -0.25) is 9.59 Å². The molecule has 5 rings (SSSR count). The number of thiophene rings is 1. The lowest BCUT2D eigenvalue weighted by Crippen LogP contribution is -2.37. The average molecular weight is 505 g/mol. The minimum absolute atomic E-state index is 0.0384. The summed E-state index contributed by atoms with van der Waals surface area (Å²) in [5.41, 5.74) is 3.25. The van der Waals surface area contributed by atoms with Crippen molar-refractivity contribution in [2.75, 3.05) is 12.4 Å². The normalized spacial score (nSPS) is 19.6. The highest BCUT2D eigenvalue weighted by atomic mass is 32.1. The van der Waals surface area contributed by atoms with Crippen LogP contribution in [-0.2, 0) is 9.59 Å². The Morgan fingerprint density at radius 3 is 2.72 bits per heavy atom. The fourth-order valence-electron chi connectivity index (χ4n) is 5.04. The Kier molecular flexibility index (Phi) is 6.36. The maximum Gasteiger partial charge on any atom is 0.254 e. The van der Waals surface area contributed by atoms with Crippen LogP contribution in [0.3, 0.4) is 0 Å². The van der Waals surface area contributed by atoms with Crippen molar-refractivity contribution < 1.29 is 23.8 Å². The number of carbonyl (C=O) groups excluding carboxylic acids is 2. The minimum atomic E-state index is -0.680. The summed E-state index contributed by atoms with van der Waals surface area (Å²) in [5, 5.41) is 18.3. The van der Waals surface area contributed by atoms with Crippen molar-refractivity contribution in [3.8, 4) is 11.5 Å². The minimum Gasteiger partial charge on any atom is -0.504 e. The summed E-state index contributed by atoms with van der Waals surface area (Å²) in [5.74, 6) is -1.35. The van der Waals surface area contributed by atoms with E-state index in [2.05, 4.69) is 10.6 Å². The summed E-state index contributed by atoms with van der Waals surface area (Å²) in [7, 11) is 1.45. The molecule has 0 unspecified atom stereocenters. The molecule has 2 aromatic carbocycles. The van der Waals surface area contributed by atoms with Crippen LogP contribution in [0.4, 0.5) is 10.1 Å². The monoisotopic (exact) mass is 504 g/mol. The number of ketones is 1. The first kappa shape index (κ1) is 23.8. The van der Waals surface area contributed by atoms with E-state index in [1.54, 1.807) is 36.5 Å². The fraction of sp³-hybridized carbons (Fsp3) is 0.214. The number of rotatable bonds is 5. The molecule has 0 bridgehead atoms. The average Bonchev–Trinajstić information content (AvgIpc) is 3.38. The zero-order valence-electron chi connectivity index (χ0n) is 19.8. The highest BCUT2D eigenvalue weighted by molar-refractivity contribution is 7.10. The molecule has 6 nitrogen and oxygen atoms in total. The Hall–Kier alpha value is -3.91. The zero-order valence-corrected chi connectivity index (χ0v) is 20.6. The number of halogens is 1. The van der Waals surface area contributed by atoms with Gasteiger partial charge in [0, 0.05) is 51.4 Å². The van der Waals surface area contributed by atoms with Gasteiger partial charge in [-0.05, 0) is 60.7 Å². The number of hydrogen-bond acceptors (Lipinski definition) is 6. The summed E-state index contributed by atoms with van der Waals surface area (Å²) < 4.78 is 19.1. The zero-order chi connectivity index (χ0) is 25.4. The van der Waals surface area contributed by atoms with Crippen molar-refractivity contribution in [1.29, 1.82) is 0 Å². The van der Waals surface area contributed by atoms with Gasteiger partial charge in [0.25, 0.3) is 5.91 Å². The lowest BCUT2D eigenvalue weighted by molar-refractivity contribution is -0.116. The number of nitrogens with one attached hydrogen (secondary N) is 2. The van der Waals surface area contributed by atoms with Crippen molar-refractivity contribution in [3.63, 3.8) is 0 Å². The van der Waals surface area contributed by atoms with Crippen LogP contribution in [0.25, 0.3) is 0 Å². The molecule has 1 amide bonds. The largest absolute Gasteiger partial charge is 0.504 e. The highest BCUT2D eigenvalue weighted by Crippen LogP contribution is 2.47. The number of aromatic hydroxyl groups is 1. The van der Waals surface area contributed by atoms with E-state index in [0.717, 1.165) is 10.6 Å². The van der Waals surface area contributed by atoms with Crippen molar-refractivity contribution in [2.45, 2.75) is 31.6 Å². The quantitative estimate of drug-likeness (QED) is 0.421. The number of Topliss-reactive ketones (excluding diaryl/α,β-unsaturated/α-hetero) is 1. The Bertz CT molecular complexity index is 1410. The molecule has 0 saturated carbocycles. The van der Waals surface area contributed by atoms with Gasteiger partial charge < -0.3 is 20.5 Å². The molecule has 1 aliphatic heterocycles. The molecule has 8 heteroatoms. The summed E-state index contributed by atoms with van der Waals surface area (Å²) in [6.07, 6.45) is 0.980. The maximum atomic E-state index is 13.8. The third-order valence-corrected chi connectivity index (χ3v) is 7.67. The van der Waals surface area contributed by atoms with Crippen LogP contribution in [-0.4, -0.2) is 23.9 Å². The lowest BCUT2D eigenvalue weighted by atomic mass is 9.72. The number of amides is 1. The first-order valence-electron chi connectivity index (χ1n) is 11.6. The second kappa shape index (κ2) is 9.62. The first-order valence-corrected chi connectivity index (χ1v) is 12.4. The molecule has 3 N–H and O–H groups in total. The number of ether oxygens (including phenoxy) is 1. The van der Waals surface area contributed by atoms with Gasteiger partial charge >= 0.3 is 0 Å². The van der Waals surface area contributed by atoms with Crippen LogP contribution in [0, 0.1) is 5.82 Å². The predicted molar refractivity (Wildman–Crippen MR) is 137 cm³/mol. The fourth-order valence-corrected chi connectivity index (χ4v) is 5.87. The molecule has 0 radical (unpaired) electrons. The van der Waals surface area contributed by atoms with Crippen LogP contribution >= 0.6 is 11.3 Å². The van der Waals surface area contributed by atoms with E-state index >= 15 is 0 Å². The van der Waals surface area contributed by atoms with E-state index in [1.165, 1.54) is 31.4 Å². The number of anilines is 1. The number of benzene rings is 2. The summed E-state index contributed by atoms with van der Waals surface area (Å²) in [6.45, 7) is 1.80. The molecule has 0 fully saturated rings. The number of allylic oxidation sites excluding steroid dienone is 3.